The molecule has 0 aromatic carbocycles. The molecule has 0 aliphatic carbocycles. The second kappa shape index (κ2) is 5.42. The van der Waals surface area contributed by atoms with Crippen molar-refractivity contribution in [3.8, 4) is 6.07 Å². The monoisotopic (exact) mass is 240 g/mol. The first kappa shape index (κ1) is 12.4. The lowest BCUT2D eigenvalue weighted by atomic mass is 10.3. The molecular formula is C9H12N4O2S. The molecule has 0 aliphatic heterocycles. The number of hydrogen-bond donors (Lipinski definition) is 0. The molecule has 0 unspecified atom stereocenters. The van der Waals surface area contributed by atoms with Crippen LogP contribution in [-0.4, -0.2) is 22.5 Å². The first-order valence-electron chi connectivity index (χ1n) is 4.80. The third-order valence-corrected chi connectivity index (χ3v) is 2.98. The van der Waals surface area contributed by atoms with Crippen molar-refractivity contribution in [1.29, 1.82) is 5.26 Å². The number of rotatable bonds is 5. The topological polar surface area (TPSA) is 83.1 Å². The molecule has 1 rings (SSSR count). The SMILES string of the molecule is CC(C)N(CCC#N)c1ncc([N+](=O)[O-])s1. The van der Waals surface area contributed by atoms with Gasteiger partial charge in [-0.05, 0) is 25.2 Å². The molecule has 0 N–H and O–H groups in total. The van der Waals surface area contributed by atoms with E-state index in [0.29, 0.717) is 18.1 Å². The quantitative estimate of drug-likeness (QED) is 0.581. The van der Waals surface area contributed by atoms with Crippen LogP contribution in [0.4, 0.5) is 10.1 Å². The van der Waals surface area contributed by atoms with Crippen LogP contribution in [0.2, 0.25) is 0 Å². The molecular weight excluding hydrogens is 228 g/mol. The van der Waals surface area contributed by atoms with Gasteiger partial charge in [-0.15, -0.1) is 0 Å². The highest BCUT2D eigenvalue weighted by Gasteiger charge is 2.18. The number of aromatic nitrogens is 1. The predicted molar refractivity (Wildman–Crippen MR) is 61.5 cm³/mol. The highest BCUT2D eigenvalue weighted by Crippen LogP contribution is 2.29. The lowest BCUT2D eigenvalue weighted by molar-refractivity contribution is -0.380. The van der Waals surface area contributed by atoms with Crippen LogP contribution < -0.4 is 4.90 Å². The maximum absolute atomic E-state index is 10.5. The summed E-state index contributed by atoms with van der Waals surface area (Å²) in [6, 6.07) is 2.22. The van der Waals surface area contributed by atoms with E-state index in [1.54, 1.807) is 0 Å². The first-order chi connectivity index (χ1) is 7.56. The maximum atomic E-state index is 10.5. The molecule has 6 nitrogen and oxygen atoms in total. The average Bonchev–Trinajstić information content (AvgIpc) is 2.67. The Balaban J connectivity index is 2.85. The minimum absolute atomic E-state index is 0.0256. The number of nitriles is 1. The van der Waals surface area contributed by atoms with Crippen molar-refractivity contribution in [1.82, 2.24) is 4.98 Å². The maximum Gasteiger partial charge on any atom is 0.345 e. The van der Waals surface area contributed by atoms with Gasteiger partial charge in [0.15, 0.2) is 5.13 Å². The number of nitro groups is 1. The molecule has 0 saturated carbocycles. The molecule has 0 fully saturated rings. The number of hydrogen-bond acceptors (Lipinski definition) is 6. The molecule has 0 bridgehead atoms. The van der Waals surface area contributed by atoms with Crippen molar-refractivity contribution in [3.63, 3.8) is 0 Å². The van der Waals surface area contributed by atoms with Crippen LogP contribution >= 0.6 is 11.3 Å². The van der Waals surface area contributed by atoms with Crippen LogP contribution in [0, 0.1) is 21.4 Å². The van der Waals surface area contributed by atoms with E-state index in [9.17, 15) is 10.1 Å². The van der Waals surface area contributed by atoms with Gasteiger partial charge in [0.1, 0.15) is 6.20 Å². The predicted octanol–water partition coefficient (Wildman–Crippen LogP) is 2.18. The van der Waals surface area contributed by atoms with Gasteiger partial charge in [-0.25, -0.2) is 4.98 Å². The molecule has 1 aromatic rings. The fourth-order valence-corrected chi connectivity index (χ4v) is 2.11. The van der Waals surface area contributed by atoms with Gasteiger partial charge in [-0.2, -0.15) is 5.26 Å². The lowest BCUT2D eigenvalue weighted by Gasteiger charge is -2.24. The van der Waals surface area contributed by atoms with Gasteiger partial charge in [0.05, 0.1) is 17.4 Å². The number of anilines is 1. The Bertz CT molecular complexity index is 410. The molecule has 0 aliphatic rings. The average molecular weight is 240 g/mol. The van der Waals surface area contributed by atoms with Crippen molar-refractivity contribution in [2.75, 3.05) is 11.4 Å². The van der Waals surface area contributed by atoms with Crippen LogP contribution in [0.5, 0.6) is 0 Å². The van der Waals surface area contributed by atoms with E-state index in [4.69, 9.17) is 5.26 Å². The van der Waals surface area contributed by atoms with E-state index in [1.165, 1.54) is 6.20 Å². The van der Waals surface area contributed by atoms with Crippen molar-refractivity contribution >= 4 is 21.5 Å². The normalized spacial score (nSPS) is 10.1. The summed E-state index contributed by atoms with van der Waals surface area (Å²) in [5, 5.41) is 19.7. The zero-order valence-electron chi connectivity index (χ0n) is 9.08. The summed E-state index contributed by atoms with van der Waals surface area (Å²) in [7, 11) is 0. The highest BCUT2D eigenvalue weighted by atomic mass is 32.1. The van der Waals surface area contributed by atoms with E-state index in [0.717, 1.165) is 11.3 Å². The molecule has 1 aromatic heterocycles. The largest absolute Gasteiger partial charge is 0.345 e. The van der Waals surface area contributed by atoms with Crippen molar-refractivity contribution in [2.45, 2.75) is 26.3 Å². The molecule has 0 amide bonds. The summed E-state index contributed by atoms with van der Waals surface area (Å²) in [6.07, 6.45) is 1.63. The van der Waals surface area contributed by atoms with Crippen LogP contribution in [0.15, 0.2) is 6.20 Å². The molecule has 1 heterocycles. The summed E-state index contributed by atoms with van der Waals surface area (Å²) < 4.78 is 0. The molecule has 86 valence electrons. The fraction of sp³-hybridized carbons (Fsp3) is 0.556. The van der Waals surface area contributed by atoms with Crippen LogP contribution in [0.1, 0.15) is 20.3 Å². The highest BCUT2D eigenvalue weighted by molar-refractivity contribution is 7.18. The van der Waals surface area contributed by atoms with Gasteiger partial charge < -0.3 is 4.90 Å². The van der Waals surface area contributed by atoms with E-state index < -0.39 is 4.92 Å². The lowest BCUT2D eigenvalue weighted by Crippen LogP contribution is -2.31. The van der Waals surface area contributed by atoms with Crippen molar-refractivity contribution in [3.05, 3.63) is 16.3 Å². The third-order valence-electron chi connectivity index (χ3n) is 1.99. The molecule has 0 saturated heterocycles. The molecule has 0 radical (unpaired) electrons. The summed E-state index contributed by atoms with van der Waals surface area (Å²) >= 11 is 1.03. The van der Waals surface area contributed by atoms with Gasteiger partial charge in [-0.1, -0.05) is 0 Å². The molecule has 0 atom stereocenters. The van der Waals surface area contributed by atoms with E-state index in [2.05, 4.69) is 11.1 Å². The molecule has 7 heteroatoms. The zero-order valence-corrected chi connectivity index (χ0v) is 9.90. The van der Waals surface area contributed by atoms with Gasteiger partial charge >= 0.3 is 5.00 Å². The Morgan fingerprint density at radius 3 is 2.88 bits per heavy atom. The summed E-state index contributed by atoms with van der Waals surface area (Å²) in [5.74, 6) is 0. The first-order valence-corrected chi connectivity index (χ1v) is 5.61. The van der Waals surface area contributed by atoms with Gasteiger partial charge in [-0.3, -0.25) is 10.1 Å². The Labute approximate surface area is 97.3 Å². The Morgan fingerprint density at radius 1 is 1.75 bits per heavy atom. The number of nitrogens with zero attached hydrogens (tertiary/aromatic N) is 4. The minimum atomic E-state index is -0.454. The Hall–Kier alpha value is -1.68. The third kappa shape index (κ3) is 2.90. The second-order valence-electron chi connectivity index (χ2n) is 3.43. The van der Waals surface area contributed by atoms with Crippen LogP contribution in [0.3, 0.4) is 0 Å². The van der Waals surface area contributed by atoms with Gasteiger partial charge in [0.2, 0.25) is 0 Å². The van der Waals surface area contributed by atoms with Crippen molar-refractivity contribution in [2.24, 2.45) is 0 Å². The van der Waals surface area contributed by atoms with Crippen LogP contribution in [0.25, 0.3) is 0 Å². The van der Waals surface area contributed by atoms with Gasteiger partial charge in [0, 0.05) is 12.6 Å². The minimum Gasteiger partial charge on any atom is -0.344 e. The number of thiazole rings is 1. The van der Waals surface area contributed by atoms with E-state index in [-0.39, 0.29) is 11.0 Å². The summed E-state index contributed by atoms with van der Waals surface area (Å²) in [4.78, 5) is 16.0. The zero-order chi connectivity index (χ0) is 12.1. The van der Waals surface area contributed by atoms with Crippen LogP contribution in [-0.2, 0) is 0 Å². The molecule has 16 heavy (non-hydrogen) atoms. The Kier molecular flexibility index (Phi) is 4.19. The summed E-state index contributed by atoms with van der Waals surface area (Å²) in [6.45, 7) is 4.47. The van der Waals surface area contributed by atoms with E-state index >= 15 is 0 Å². The fourth-order valence-electron chi connectivity index (χ4n) is 1.22. The summed E-state index contributed by atoms with van der Waals surface area (Å²) in [5.41, 5.74) is 0. The van der Waals surface area contributed by atoms with Gasteiger partial charge in [0.25, 0.3) is 0 Å². The van der Waals surface area contributed by atoms with E-state index in [1.807, 2.05) is 18.7 Å². The smallest absolute Gasteiger partial charge is 0.344 e. The standard InChI is InChI=1S/C9H12N4O2S/c1-7(2)12(5-3-4-10)9-11-6-8(16-9)13(14)15/h6-7H,3,5H2,1-2H3. The Morgan fingerprint density at radius 2 is 2.44 bits per heavy atom. The molecule has 0 spiro atoms. The van der Waals surface area contributed by atoms with Crippen molar-refractivity contribution < 1.29 is 4.92 Å². The second-order valence-corrected chi connectivity index (χ2v) is 4.42.